The maximum atomic E-state index is 12.3. The van der Waals surface area contributed by atoms with Gasteiger partial charge in [-0.3, -0.25) is 9.69 Å². The summed E-state index contributed by atoms with van der Waals surface area (Å²) in [4.78, 5) is 16.3. The van der Waals surface area contributed by atoms with Crippen molar-refractivity contribution >= 4 is 15.7 Å². The van der Waals surface area contributed by atoms with Gasteiger partial charge in [-0.25, -0.2) is 8.42 Å². The van der Waals surface area contributed by atoms with E-state index in [-0.39, 0.29) is 24.3 Å². The minimum Gasteiger partial charge on any atom is -0.484 e. The van der Waals surface area contributed by atoms with Gasteiger partial charge in [0.15, 0.2) is 16.4 Å². The standard InChI is InChI=1S/C18H26N2O4S/c1-2-15-3-5-17(6-4-15)24-13-18(21)20-10-8-19(9-11-20)16-7-12-25(22,23)14-16/h3-6,16H,2,7-14H2,1H3. The Kier molecular flexibility index (Phi) is 5.64. The number of nitrogens with zero attached hydrogens (tertiary/aromatic N) is 2. The highest BCUT2D eigenvalue weighted by molar-refractivity contribution is 7.91. The Hall–Kier alpha value is -1.60. The average molecular weight is 366 g/mol. The zero-order valence-electron chi connectivity index (χ0n) is 14.7. The van der Waals surface area contributed by atoms with Crippen LogP contribution in [0.5, 0.6) is 5.75 Å². The number of carbonyl (C=O) groups is 1. The van der Waals surface area contributed by atoms with E-state index >= 15 is 0 Å². The van der Waals surface area contributed by atoms with Crippen molar-refractivity contribution in [2.45, 2.75) is 25.8 Å². The van der Waals surface area contributed by atoms with E-state index in [1.54, 1.807) is 4.90 Å². The van der Waals surface area contributed by atoms with Crippen LogP contribution in [0.1, 0.15) is 18.9 Å². The molecular weight excluding hydrogens is 340 g/mol. The first-order valence-corrected chi connectivity index (χ1v) is 10.7. The Morgan fingerprint density at radius 1 is 1.16 bits per heavy atom. The van der Waals surface area contributed by atoms with Crippen LogP contribution in [0.15, 0.2) is 24.3 Å². The number of ether oxygens (including phenoxy) is 1. The molecule has 0 radical (unpaired) electrons. The monoisotopic (exact) mass is 366 g/mol. The number of hydrogen-bond acceptors (Lipinski definition) is 5. The van der Waals surface area contributed by atoms with Gasteiger partial charge in [-0.2, -0.15) is 0 Å². The SMILES string of the molecule is CCc1ccc(OCC(=O)N2CCN(C3CCS(=O)(=O)C3)CC2)cc1. The lowest BCUT2D eigenvalue weighted by molar-refractivity contribution is -0.135. The first-order valence-electron chi connectivity index (χ1n) is 8.91. The van der Waals surface area contributed by atoms with Crippen LogP contribution in [0.3, 0.4) is 0 Å². The zero-order chi connectivity index (χ0) is 17.9. The predicted octanol–water partition coefficient (Wildman–Crippen LogP) is 0.959. The van der Waals surface area contributed by atoms with Gasteiger partial charge in [-0.05, 0) is 30.5 Å². The molecule has 0 aliphatic carbocycles. The van der Waals surface area contributed by atoms with Gasteiger partial charge in [0.1, 0.15) is 5.75 Å². The lowest BCUT2D eigenvalue weighted by Crippen LogP contribution is -2.53. The van der Waals surface area contributed by atoms with E-state index in [1.165, 1.54) is 5.56 Å². The number of piperazine rings is 1. The molecule has 0 saturated carbocycles. The van der Waals surface area contributed by atoms with Crippen molar-refractivity contribution in [3.63, 3.8) is 0 Å². The number of hydrogen-bond donors (Lipinski definition) is 0. The Balaban J connectivity index is 1.43. The van der Waals surface area contributed by atoms with E-state index in [9.17, 15) is 13.2 Å². The second-order valence-electron chi connectivity index (χ2n) is 6.76. The first-order chi connectivity index (χ1) is 12.0. The Morgan fingerprint density at radius 3 is 2.40 bits per heavy atom. The van der Waals surface area contributed by atoms with Crippen molar-refractivity contribution in [1.82, 2.24) is 9.80 Å². The van der Waals surface area contributed by atoms with E-state index in [0.29, 0.717) is 31.0 Å². The molecule has 2 aliphatic rings. The highest BCUT2D eigenvalue weighted by atomic mass is 32.2. The van der Waals surface area contributed by atoms with Crippen LogP contribution in [0.25, 0.3) is 0 Å². The van der Waals surface area contributed by atoms with Crippen LogP contribution in [0, 0.1) is 0 Å². The molecule has 138 valence electrons. The minimum atomic E-state index is -2.86. The molecule has 3 rings (SSSR count). The van der Waals surface area contributed by atoms with Crippen LogP contribution in [-0.2, 0) is 21.1 Å². The molecule has 0 aromatic heterocycles. The minimum absolute atomic E-state index is 0.0155. The van der Waals surface area contributed by atoms with E-state index in [0.717, 1.165) is 19.5 Å². The topological polar surface area (TPSA) is 66.9 Å². The van der Waals surface area contributed by atoms with Gasteiger partial charge in [0.05, 0.1) is 11.5 Å². The van der Waals surface area contributed by atoms with Crippen molar-refractivity contribution in [3.8, 4) is 5.75 Å². The zero-order valence-corrected chi connectivity index (χ0v) is 15.5. The molecule has 0 spiro atoms. The molecule has 0 N–H and O–H groups in total. The molecule has 1 atom stereocenters. The van der Waals surface area contributed by atoms with Crippen molar-refractivity contribution in [3.05, 3.63) is 29.8 Å². The van der Waals surface area contributed by atoms with Gasteiger partial charge in [0.2, 0.25) is 0 Å². The highest BCUT2D eigenvalue weighted by Crippen LogP contribution is 2.19. The van der Waals surface area contributed by atoms with Crippen molar-refractivity contribution < 1.29 is 17.9 Å². The van der Waals surface area contributed by atoms with E-state index < -0.39 is 9.84 Å². The molecule has 1 aromatic rings. The predicted molar refractivity (Wildman–Crippen MR) is 96.5 cm³/mol. The summed E-state index contributed by atoms with van der Waals surface area (Å²) in [7, 11) is -2.86. The van der Waals surface area contributed by atoms with Gasteiger partial charge in [0.25, 0.3) is 5.91 Å². The molecule has 7 heteroatoms. The largest absolute Gasteiger partial charge is 0.484 e. The summed E-state index contributed by atoms with van der Waals surface area (Å²) >= 11 is 0. The van der Waals surface area contributed by atoms with E-state index in [2.05, 4.69) is 11.8 Å². The molecule has 2 heterocycles. The Labute approximate surface area is 149 Å². The lowest BCUT2D eigenvalue weighted by atomic mass is 10.2. The molecule has 2 aliphatic heterocycles. The van der Waals surface area contributed by atoms with Gasteiger partial charge >= 0.3 is 0 Å². The van der Waals surface area contributed by atoms with E-state index in [1.807, 2.05) is 24.3 Å². The third-order valence-electron chi connectivity index (χ3n) is 5.09. The molecule has 1 aromatic carbocycles. The maximum Gasteiger partial charge on any atom is 0.260 e. The molecule has 0 bridgehead atoms. The molecule has 2 fully saturated rings. The summed E-state index contributed by atoms with van der Waals surface area (Å²) in [6.45, 7) is 4.87. The molecule has 1 amide bonds. The Morgan fingerprint density at radius 2 is 1.84 bits per heavy atom. The maximum absolute atomic E-state index is 12.3. The van der Waals surface area contributed by atoms with Crippen LogP contribution in [0.4, 0.5) is 0 Å². The average Bonchev–Trinajstić information content (AvgIpc) is 3.00. The number of benzene rings is 1. The number of amides is 1. The molecular formula is C18H26N2O4S. The number of sulfone groups is 1. The van der Waals surface area contributed by atoms with Gasteiger partial charge in [0, 0.05) is 32.2 Å². The quantitative estimate of drug-likeness (QED) is 0.777. The third kappa shape index (κ3) is 4.73. The van der Waals surface area contributed by atoms with Gasteiger partial charge in [-0.1, -0.05) is 19.1 Å². The smallest absolute Gasteiger partial charge is 0.260 e. The van der Waals surface area contributed by atoms with Crippen molar-refractivity contribution in [2.24, 2.45) is 0 Å². The summed E-state index contributed by atoms with van der Waals surface area (Å²) in [6, 6.07) is 7.92. The fourth-order valence-electron chi connectivity index (χ4n) is 3.46. The van der Waals surface area contributed by atoms with Crippen molar-refractivity contribution in [1.29, 1.82) is 0 Å². The molecule has 1 unspecified atom stereocenters. The molecule has 6 nitrogen and oxygen atoms in total. The Bertz CT molecular complexity index is 694. The van der Waals surface area contributed by atoms with Crippen molar-refractivity contribution in [2.75, 3.05) is 44.3 Å². The number of rotatable bonds is 5. The number of aryl methyl sites for hydroxylation is 1. The van der Waals surface area contributed by atoms with Gasteiger partial charge in [-0.15, -0.1) is 0 Å². The fraction of sp³-hybridized carbons (Fsp3) is 0.611. The summed E-state index contributed by atoms with van der Waals surface area (Å²) in [5.74, 6) is 1.25. The first kappa shape index (κ1) is 18.2. The normalized spacial score (nSPS) is 23.6. The molecule has 2 saturated heterocycles. The summed E-state index contributed by atoms with van der Waals surface area (Å²) in [5, 5.41) is 0. The van der Waals surface area contributed by atoms with Crippen LogP contribution in [0.2, 0.25) is 0 Å². The number of carbonyl (C=O) groups excluding carboxylic acids is 1. The fourth-order valence-corrected chi connectivity index (χ4v) is 5.22. The second kappa shape index (κ2) is 7.74. The summed E-state index contributed by atoms with van der Waals surface area (Å²) in [6.07, 6.45) is 1.69. The third-order valence-corrected chi connectivity index (χ3v) is 6.84. The van der Waals surface area contributed by atoms with Crippen LogP contribution in [-0.4, -0.2) is 74.5 Å². The summed E-state index contributed by atoms with van der Waals surface area (Å²) in [5.41, 5.74) is 1.24. The summed E-state index contributed by atoms with van der Waals surface area (Å²) < 4.78 is 28.8. The van der Waals surface area contributed by atoms with Crippen LogP contribution >= 0.6 is 0 Å². The lowest BCUT2D eigenvalue weighted by Gasteiger charge is -2.37. The highest BCUT2D eigenvalue weighted by Gasteiger charge is 2.34. The van der Waals surface area contributed by atoms with Gasteiger partial charge < -0.3 is 9.64 Å². The molecule has 25 heavy (non-hydrogen) atoms. The van der Waals surface area contributed by atoms with Crippen LogP contribution < -0.4 is 4.74 Å². The second-order valence-corrected chi connectivity index (χ2v) is 8.99. The van der Waals surface area contributed by atoms with E-state index in [4.69, 9.17) is 4.74 Å².